The van der Waals surface area contributed by atoms with Gasteiger partial charge in [0.05, 0.1) is 16.9 Å². The Hall–Kier alpha value is -3.85. The molecule has 2 heterocycles. The van der Waals surface area contributed by atoms with Gasteiger partial charge in [0.25, 0.3) is 0 Å². The average molecular weight is 467 g/mol. The molecule has 0 saturated carbocycles. The van der Waals surface area contributed by atoms with Crippen LogP contribution in [-0.2, 0) is 6.18 Å². The molecule has 0 bridgehead atoms. The fourth-order valence-corrected chi connectivity index (χ4v) is 3.53. The van der Waals surface area contributed by atoms with Crippen molar-refractivity contribution in [2.45, 2.75) is 19.1 Å². The van der Waals surface area contributed by atoms with Crippen LogP contribution in [0.25, 0.3) is 22.3 Å². The van der Waals surface area contributed by atoms with Gasteiger partial charge in [-0.3, -0.25) is 0 Å². The number of hydrogen-bond acceptors (Lipinski definition) is 3. The van der Waals surface area contributed by atoms with E-state index in [1.165, 1.54) is 17.7 Å². The second kappa shape index (κ2) is 9.18. The van der Waals surface area contributed by atoms with Gasteiger partial charge in [-0.05, 0) is 63.0 Å². The van der Waals surface area contributed by atoms with Crippen LogP contribution in [0, 0.1) is 0 Å². The van der Waals surface area contributed by atoms with Crippen molar-refractivity contribution < 1.29 is 18.0 Å². The number of carbonyl (C=O) groups is 1. The monoisotopic (exact) mass is 467 g/mol. The predicted molar refractivity (Wildman–Crippen MR) is 128 cm³/mol. The molecule has 4 rings (SSSR count). The van der Waals surface area contributed by atoms with E-state index < -0.39 is 17.8 Å². The van der Waals surface area contributed by atoms with E-state index in [1.54, 1.807) is 6.20 Å². The maximum absolute atomic E-state index is 12.7. The average Bonchev–Trinajstić information content (AvgIpc) is 3.20. The van der Waals surface area contributed by atoms with Crippen LogP contribution in [0.15, 0.2) is 66.9 Å². The lowest BCUT2D eigenvalue weighted by atomic mass is 10.0. The number of pyridine rings is 1. The minimum absolute atomic E-state index is 0.248. The second-order valence-electron chi connectivity index (χ2n) is 8.21. The Bertz CT molecular complexity index is 1300. The van der Waals surface area contributed by atoms with Crippen LogP contribution in [-0.4, -0.2) is 35.0 Å². The van der Waals surface area contributed by atoms with Gasteiger partial charge in [-0.15, -0.1) is 0 Å². The van der Waals surface area contributed by atoms with Gasteiger partial charge in [0.1, 0.15) is 5.65 Å². The standard InChI is InChI=1S/C25H24F3N5O/c1-15(33(2)3)16-4-6-17(7-5-16)21-13-12-20-22(14-29-23(20)31-21)32-24(34)30-19-10-8-18(9-11-19)25(26,27)28/h4-15H,1-3H3,(H,29,31)(H2,30,32,34). The van der Waals surface area contributed by atoms with Crippen molar-refractivity contribution in [2.75, 3.05) is 24.7 Å². The van der Waals surface area contributed by atoms with Gasteiger partial charge in [0, 0.05) is 28.9 Å². The van der Waals surface area contributed by atoms with Gasteiger partial charge in [-0.2, -0.15) is 13.2 Å². The number of aromatic amines is 1. The van der Waals surface area contributed by atoms with Gasteiger partial charge in [0.15, 0.2) is 0 Å². The smallest absolute Gasteiger partial charge is 0.344 e. The number of anilines is 2. The Morgan fingerprint density at radius 2 is 1.65 bits per heavy atom. The Kier molecular flexibility index (Phi) is 6.30. The second-order valence-corrected chi connectivity index (χ2v) is 8.21. The zero-order chi connectivity index (χ0) is 24.5. The third kappa shape index (κ3) is 5.04. The molecule has 1 atom stereocenters. The number of aromatic nitrogens is 2. The summed E-state index contributed by atoms with van der Waals surface area (Å²) in [6, 6.07) is 15.9. The highest BCUT2D eigenvalue weighted by Gasteiger charge is 2.30. The summed E-state index contributed by atoms with van der Waals surface area (Å²) in [7, 11) is 4.07. The molecule has 9 heteroatoms. The first-order chi connectivity index (χ1) is 16.1. The van der Waals surface area contributed by atoms with Crippen LogP contribution >= 0.6 is 0 Å². The maximum Gasteiger partial charge on any atom is 0.416 e. The molecule has 0 aliphatic carbocycles. The van der Waals surface area contributed by atoms with Gasteiger partial charge in [-0.25, -0.2) is 9.78 Å². The molecule has 6 nitrogen and oxygen atoms in total. The summed E-state index contributed by atoms with van der Waals surface area (Å²) < 4.78 is 38.1. The molecule has 2 amide bonds. The SMILES string of the molecule is CC(c1ccc(-c2ccc3c(NC(=O)Nc4ccc(C(F)(F)F)cc4)c[nH]c3n2)cc1)N(C)C. The van der Waals surface area contributed by atoms with E-state index in [-0.39, 0.29) is 5.69 Å². The van der Waals surface area contributed by atoms with Crippen molar-refractivity contribution in [1.29, 1.82) is 0 Å². The molecule has 34 heavy (non-hydrogen) atoms. The molecule has 2 aromatic heterocycles. The Balaban J connectivity index is 1.46. The van der Waals surface area contributed by atoms with Crippen molar-refractivity contribution >= 4 is 28.4 Å². The zero-order valence-corrected chi connectivity index (χ0v) is 18.9. The number of rotatable bonds is 5. The maximum atomic E-state index is 12.7. The van der Waals surface area contributed by atoms with Crippen molar-refractivity contribution in [1.82, 2.24) is 14.9 Å². The number of nitrogens with one attached hydrogen (secondary N) is 3. The summed E-state index contributed by atoms with van der Waals surface area (Å²) >= 11 is 0. The first-order valence-electron chi connectivity index (χ1n) is 10.6. The first-order valence-corrected chi connectivity index (χ1v) is 10.6. The van der Waals surface area contributed by atoms with Crippen LogP contribution < -0.4 is 10.6 Å². The first kappa shape index (κ1) is 23.3. The van der Waals surface area contributed by atoms with Gasteiger partial charge >= 0.3 is 12.2 Å². The van der Waals surface area contributed by atoms with Crippen LogP contribution in [0.4, 0.5) is 29.3 Å². The summed E-state index contributed by atoms with van der Waals surface area (Å²) in [5.41, 5.74) is 3.55. The van der Waals surface area contributed by atoms with Gasteiger partial charge < -0.3 is 20.5 Å². The molecule has 1 unspecified atom stereocenters. The van der Waals surface area contributed by atoms with Crippen LogP contribution in [0.5, 0.6) is 0 Å². The number of fused-ring (bicyclic) bond motifs is 1. The highest BCUT2D eigenvalue weighted by atomic mass is 19.4. The molecule has 3 N–H and O–H groups in total. The molecule has 176 valence electrons. The van der Waals surface area contributed by atoms with E-state index >= 15 is 0 Å². The number of amides is 2. The van der Waals surface area contributed by atoms with Crippen molar-refractivity contribution in [2.24, 2.45) is 0 Å². The molecular weight excluding hydrogens is 443 g/mol. The number of carbonyl (C=O) groups excluding carboxylic acids is 1. The lowest BCUT2D eigenvalue weighted by molar-refractivity contribution is -0.137. The molecule has 4 aromatic rings. The lowest BCUT2D eigenvalue weighted by Crippen LogP contribution is -2.19. The molecule has 0 fully saturated rings. The van der Waals surface area contributed by atoms with Gasteiger partial charge in [0.2, 0.25) is 0 Å². The molecule has 0 radical (unpaired) electrons. The minimum Gasteiger partial charge on any atom is -0.344 e. The third-order valence-electron chi connectivity index (χ3n) is 5.72. The Labute approximate surface area is 194 Å². The summed E-state index contributed by atoms with van der Waals surface area (Å²) in [6.07, 6.45) is -2.81. The highest BCUT2D eigenvalue weighted by molar-refractivity contribution is 6.05. The Morgan fingerprint density at radius 3 is 2.26 bits per heavy atom. The predicted octanol–water partition coefficient (Wildman–Crippen LogP) is 6.52. The topological polar surface area (TPSA) is 73.0 Å². The minimum atomic E-state index is -4.43. The van der Waals surface area contributed by atoms with Crippen molar-refractivity contribution in [3.63, 3.8) is 0 Å². The quantitative estimate of drug-likeness (QED) is 0.313. The third-order valence-corrected chi connectivity index (χ3v) is 5.72. The van der Waals surface area contributed by atoms with E-state index in [4.69, 9.17) is 0 Å². The van der Waals surface area contributed by atoms with E-state index in [0.29, 0.717) is 22.8 Å². The number of benzene rings is 2. The highest BCUT2D eigenvalue weighted by Crippen LogP contribution is 2.30. The summed E-state index contributed by atoms with van der Waals surface area (Å²) in [6.45, 7) is 2.14. The number of urea groups is 1. The van der Waals surface area contributed by atoms with E-state index in [0.717, 1.165) is 23.4 Å². The van der Waals surface area contributed by atoms with Crippen LogP contribution in [0.3, 0.4) is 0 Å². The van der Waals surface area contributed by atoms with Crippen molar-refractivity contribution in [3.05, 3.63) is 78.0 Å². The zero-order valence-electron chi connectivity index (χ0n) is 18.9. The molecule has 0 aliphatic rings. The normalized spacial score (nSPS) is 12.7. The van der Waals surface area contributed by atoms with Gasteiger partial charge in [-0.1, -0.05) is 24.3 Å². The van der Waals surface area contributed by atoms with E-state index in [2.05, 4.69) is 44.6 Å². The van der Waals surface area contributed by atoms with E-state index in [1.807, 2.05) is 38.4 Å². The summed E-state index contributed by atoms with van der Waals surface area (Å²) in [5, 5.41) is 5.94. The number of alkyl halides is 3. The molecule has 0 aliphatic heterocycles. The Morgan fingerprint density at radius 1 is 0.971 bits per heavy atom. The van der Waals surface area contributed by atoms with E-state index in [9.17, 15) is 18.0 Å². The molecular formula is C25H24F3N5O. The molecule has 0 spiro atoms. The molecule has 2 aromatic carbocycles. The van der Waals surface area contributed by atoms with Crippen LogP contribution in [0.2, 0.25) is 0 Å². The number of halogens is 3. The lowest BCUT2D eigenvalue weighted by Gasteiger charge is -2.20. The van der Waals surface area contributed by atoms with Crippen LogP contribution in [0.1, 0.15) is 24.1 Å². The molecule has 0 saturated heterocycles. The van der Waals surface area contributed by atoms with Crippen molar-refractivity contribution in [3.8, 4) is 11.3 Å². The fraction of sp³-hybridized carbons (Fsp3) is 0.200. The number of nitrogens with zero attached hydrogens (tertiary/aromatic N) is 2. The summed E-state index contributed by atoms with van der Waals surface area (Å²) in [4.78, 5) is 22.2. The largest absolute Gasteiger partial charge is 0.416 e. The number of H-pyrrole nitrogens is 1. The fourth-order valence-electron chi connectivity index (χ4n) is 3.53. The number of hydrogen-bond donors (Lipinski definition) is 3. The summed E-state index contributed by atoms with van der Waals surface area (Å²) in [5.74, 6) is 0.